The fraction of sp³-hybridized carbons (Fsp3) is 0.625. The van der Waals surface area contributed by atoms with Crippen molar-refractivity contribution in [1.82, 2.24) is 0 Å². The summed E-state index contributed by atoms with van der Waals surface area (Å²) >= 11 is 0. The fourth-order valence-electron chi connectivity index (χ4n) is 1.09. The second-order valence-corrected chi connectivity index (χ2v) is 2.42. The highest BCUT2D eigenvalue weighted by molar-refractivity contribution is 5.93. The normalized spacial score (nSPS) is 18.5. The zero-order chi connectivity index (χ0) is 7.40. The van der Waals surface area contributed by atoms with Crippen molar-refractivity contribution in [2.75, 3.05) is 6.61 Å². The second kappa shape index (κ2) is 3.40. The molecule has 0 aromatic rings. The van der Waals surface area contributed by atoms with Crippen LogP contribution in [-0.4, -0.2) is 12.3 Å². The molecule has 0 aromatic heterocycles. The quantitative estimate of drug-likeness (QED) is 0.624. The van der Waals surface area contributed by atoms with Gasteiger partial charge < -0.3 is 10.1 Å². The summed E-state index contributed by atoms with van der Waals surface area (Å²) in [5.41, 5.74) is 0.703. The van der Waals surface area contributed by atoms with Crippen molar-refractivity contribution in [2.24, 2.45) is 0 Å². The average Bonchev–Trinajstić information content (AvgIpc) is 1.88. The Bertz CT molecular complexity index is 161. The van der Waals surface area contributed by atoms with Gasteiger partial charge in [0.2, 0.25) is 0 Å². The third-order valence-corrected chi connectivity index (χ3v) is 1.53. The van der Waals surface area contributed by atoms with E-state index in [1.165, 1.54) is 0 Å². The summed E-state index contributed by atoms with van der Waals surface area (Å²) in [7, 11) is 0. The van der Waals surface area contributed by atoms with Crippen LogP contribution in [0.5, 0.6) is 0 Å². The Hall–Kier alpha value is -0.790. The number of nitrogens with one attached hydrogen (secondary N) is 1. The second-order valence-electron chi connectivity index (χ2n) is 2.42. The van der Waals surface area contributed by atoms with Gasteiger partial charge in [0.25, 0.3) is 0 Å². The summed E-state index contributed by atoms with van der Waals surface area (Å²) in [4.78, 5) is 0. The molecule has 2 heteroatoms. The molecule has 0 saturated carbocycles. The summed E-state index contributed by atoms with van der Waals surface area (Å²) < 4.78 is 5.27. The van der Waals surface area contributed by atoms with Crippen LogP contribution in [0.1, 0.15) is 26.2 Å². The van der Waals surface area contributed by atoms with E-state index in [1.807, 2.05) is 13.0 Å². The Balaban J connectivity index is 2.49. The van der Waals surface area contributed by atoms with Crippen molar-refractivity contribution in [1.29, 1.82) is 5.41 Å². The van der Waals surface area contributed by atoms with Crippen LogP contribution < -0.4 is 0 Å². The third-order valence-electron chi connectivity index (χ3n) is 1.53. The van der Waals surface area contributed by atoms with E-state index in [2.05, 4.69) is 0 Å². The summed E-state index contributed by atoms with van der Waals surface area (Å²) in [6, 6.07) is 0. The minimum Gasteiger partial charge on any atom is -0.498 e. The Morgan fingerprint density at radius 1 is 1.60 bits per heavy atom. The minimum atomic E-state index is 0.703. The molecule has 0 fully saturated rings. The molecule has 10 heavy (non-hydrogen) atoms. The molecule has 1 N–H and O–H groups in total. The molecule has 0 spiro atoms. The number of ether oxygens (including phenoxy) is 1. The van der Waals surface area contributed by atoms with Gasteiger partial charge in [0.15, 0.2) is 0 Å². The van der Waals surface area contributed by atoms with Crippen LogP contribution in [0.25, 0.3) is 0 Å². The summed E-state index contributed by atoms with van der Waals surface area (Å²) in [5, 5.41) is 7.34. The standard InChI is InChI=1S/C8H13NO/c1-2-10-8-5-3-4-7(9)6-8/h6,9H,2-5H2,1H3. The highest BCUT2D eigenvalue weighted by atomic mass is 16.5. The number of allylic oxidation sites excluding steroid dienone is 2. The monoisotopic (exact) mass is 139 g/mol. The van der Waals surface area contributed by atoms with Crippen LogP contribution in [0.4, 0.5) is 0 Å². The Kier molecular flexibility index (Phi) is 2.49. The molecule has 2 nitrogen and oxygen atoms in total. The first-order valence-corrected chi connectivity index (χ1v) is 3.73. The van der Waals surface area contributed by atoms with Crippen molar-refractivity contribution in [3.63, 3.8) is 0 Å². The summed E-state index contributed by atoms with van der Waals surface area (Å²) in [6.07, 6.45) is 4.84. The largest absolute Gasteiger partial charge is 0.498 e. The van der Waals surface area contributed by atoms with E-state index < -0.39 is 0 Å². The first kappa shape index (κ1) is 7.32. The maximum Gasteiger partial charge on any atom is 0.0977 e. The van der Waals surface area contributed by atoms with Crippen LogP contribution in [0.2, 0.25) is 0 Å². The molecule has 0 amide bonds. The third kappa shape index (κ3) is 1.87. The summed E-state index contributed by atoms with van der Waals surface area (Å²) in [5.74, 6) is 0.985. The van der Waals surface area contributed by atoms with Gasteiger partial charge >= 0.3 is 0 Å². The average molecular weight is 139 g/mol. The first-order valence-electron chi connectivity index (χ1n) is 3.73. The highest BCUT2D eigenvalue weighted by Gasteiger charge is 2.06. The molecule has 0 atom stereocenters. The molecular formula is C8H13NO. The van der Waals surface area contributed by atoms with Crippen LogP contribution in [0.3, 0.4) is 0 Å². The molecule has 1 aliphatic carbocycles. The van der Waals surface area contributed by atoms with Gasteiger partial charge in [0, 0.05) is 12.1 Å². The molecule has 0 unspecified atom stereocenters. The van der Waals surface area contributed by atoms with E-state index in [0.29, 0.717) is 5.71 Å². The topological polar surface area (TPSA) is 33.1 Å². The lowest BCUT2D eigenvalue weighted by Crippen LogP contribution is -2.04. The van der Waals surface area contributed by atoms with Crippen LogP contribution >= 0.6 is 0 Å². The van der Waals surface area contributed by atoms with Gasteiger partial charge in [0.05, 0.1) is 12.4 Å². The van der Waals surface area contributed by atoms with E-state index >= 15 is 0 Å². The van der Waals surface area contributed by atoms with Gasteiger partial charge in [-0.05, 0) is 25.8 Å². The van der Waals surface area contributed by atoms with E-state index in [4.69, 9.17) is 10.1 Å². The molecular weight excluding hydrogens is 126 g/mol. The maximum absolute atomic E-state index is 7.34. The molecule has 0 aliphatic heterocycles. The van der Waals surface area contributed by atoms with Crippen molar-refractivity contribution >= 4 is 5.71 Å². The smallest absolute Gasteiger partial charge is 0.0977 e. The minimum absolute atomic E-state index is 0.703. The van der Waals surface area contributed by atoms with Crippen LogP contribution in [-0.2, 0) is 4.74 Å². The Morgan fingerprint density at radius 3 is 3.00 bits per heavy atom. The van der Waals surface area contributed by atoms with Gasteiger partial charge in [-0.25, -0.2) is 0 Å². The molecule has 0 heterocycles. The van der Waals surface area contributed by atoms with Gasteiger partial charge in [-0.3, -0.25) is 0 Å². The van der Waals surface area contributed by atoms with Gasteiger partial charge in [0.1, 0.15) is 0 Å². The molecule has 0 radical (unpaired) electrons. The SMILES string of the molecule is CCOC1=CC(=N)CCC1. The van der Waals surface area contributed by atoms with Gasteiger partial charge in [-0.1, -0.05) is 0 Å². The molecule has 0 saturated heterocycles. The Morgan fingerprint density at radius 2 is 2.40 bits per heavy atom. The predicted octanol–water partition coefficient (Wildman–Crippen LogP) is 2.11. The lowest BCUT2D eigenvalue weighted by atomic mass is 10.0. The maximum atomic E-state index is 7.34. The van der Waals surface area contributed by atoms with Crippen LogP contribution in [0.15, 0.2) is 11.8 Å². The van der Waals surface area contributed by atoms with E-state index in [-0.39, 0.29) is 0 Å². The lowest BCUT2D eigenvalue weighted by Gasteiger charge is -2.12. The number of hydrogen-bond acceptors (Lipinski definition) is 2. The van der Waals surface area contributed by atoms with Gasteiger partial charge in [-0.15, -0.1) is 0 Å². The number of hydrogen-bond donors (Lipinski definition) is 1. The van der Waals surface area contributed by atoms with Crippen molar-refractivity contribution in [3.8, 4) is 0 Å². The zero-order valence-electron chi connectivity index (χ0n) is 6.31. The van der Waals surface area contributed by atoms with Crippen molar-refractivity contribution < 1.29 is 4.74 Å². The van der Waals surface area contributed by atoms with E-state index in [0.717, 1.165) is 31.6 Å². The molecule has 1 rings (SSSR count). The Labute approximate surface area is 61.4 Å². The molecule has 56 valence electrons. The van der Waals surface area contributed by atoms with Crippen molar-refractivity contribution in [3.05, 3.63) is 11.8 Å². The molecule has 1 aliphatic rings. The van der Waals surface area contributed by atoms with E-state index in [9.17, 15) is 0 Å². The molecule has 0 aromatic carbocycles. The first-order chi connectivity index (χ1) is 4.83. The lowest BCUT2D eigenvalue weighted by molar-refractivity contribution is 0.216. The van der Waals surface area contributed by atoms with E-state index in [1.54, 1.807) is 0 Å². The fourth-order valence-corrected chi connectivity index (χ4v) is 1.09. The summed E-state index contributed by atoms with van der Waals surface area (Å²) in [6.45, 7) is 2.69. The van der Waals surface area contributed by atoms with Gasteiger partial charge in [-0.2, -0.15) is 0 Å². The van der Waals surface area contributed by atoms with Crippen molar-refractivity contribution in [2.45, 2.75) is 26.2 Å². The molecule has 0 bridgehead atoms. The highest BCUT2D eigenvalue weighted by Crippen LogP contribution is 2.15. The number of rotatable bonds is 2. The van der Waals surface area contributed by atoms with Crippen LogP contribution in [0, 0.1) is 5.41 Å². The zero-order valence-corrected chi connectivity index (χ0v) is 6.31. The predicted molar refractivity (Wildman–Crippen MR) is 41.3 cm³/mol.